The molecule has 0 bridgehead atoms. The number of sulfonamides is 1. The molecular formula is C20H24N4O7S. The number of nitrogens with one attached hydrogen (secondary N) is 1. The quantitative estimate of drug-likeness (QED) is 0.483. The number of nitro benzene ring substituents is 1. The number of hydrogen-bond acceptors (Lipinski definition) is 7. The summed E-state index contributed by atoms with van der Waals surface area (Å²) in [7, 11) is -4.10. The Bertz CT molecular complexity index is 1090. The molecule has 3 rings (SSSR count). The van der Waals surface area contributed by atoms with Gasteiger partial charge in [0, 0.05) is 32.2 Å². The summed E-state index contributed by atoms with van der Waals surface area (Å²) in [6.07, 6.45) is 1.36. The predicted octanol–water partition coefficient (Wildman–Crippen LogP) is 1.48. The first-order chi connectivity index (χ1) is 15.1. The van der Waals surface area contributed by atoms with E-state index >= 15 is 0 Å². The third kappa shape index (κ3) is 4.81. The smallest absolute Gasteiger partial charge is 0.289 e. The van der Waals surface area contributed by atoms with Gasteiger partial charge in [0.1, 0.15) is 6.04 Å². The Morgan fingerprint density at radius 3 is 2.31 bits per heavy atom. The zero-order chi connectivity index (χ0) is 23.5. The van der Waals surface area contributed by atoms with Gasteiger partial charge in [0.15, 0.2) is 10.7 Å². The molecule has 0 aliphatic carbocycles. The van der Waals surface area contributed by atoms with E-state index in [1.54, 1.807) is 19.9 Å². The number of hydrogen-bond donors (Lipinski definition) is 1. The van der Waals surface area contributed by atoms with Gasteiger partial charge in [-0.15, -0.1) is 0 Å². The molecule has 0 radical (unpaired) electrons. The molecule has 2 heterocycles. The van der Waals surface area contributed by atoms with Crippen LogP contribution in [-0.2, 0) is 14.8 Å². The van der Waals surface area contributed by atoms with Crippen molar-refractivity contribution in [3.8, 4) is 0 Å². The maximum absolute atomic E-state index is 13.0. The van der Waals surface area contributed by atoms with E-state index in [0.29, 0.717) is 0 Å². The van der Waals surface area contributed by atoms with Gasteiger partial charge in [0.2, 0.25) is 15.9 Å². The predicted molar refractivity (Wildman–Crippen MR) is 113 cm³/mol. The van der Waals surface area contributed by atoms with E-state index in [2.05, 4.69) is 5.32 Å². The Hall–Kier alpha value is -3.25. The highest BCUT2D eigenvalue weighted by atomic mass is 32.2. The molecule has 1 aliphatic heterocycles. The van der Waals surface area contributed by atoms with Crippen LogP contribution in [0.2, 0.25) is 0 Å². The molecule has 2 amide bonds. The minimum Gasteiger partial charge on any atom is -0.459 e. The fraction of sp³-hybridized carbons (Fsp3) is 0.400. The molecule has 32 heavy (non-hydrogen) atoms. The fourth-order valence-corrected chi connectivity index (χ4v) is 5.02. The molecule has 172 valence electrons. The number of carbonyl (C=O) groups is 2. The summed E-state index contributed by atoms with van der Waals surface area (Å²) < 4.78 is 32.1. The van der Waals surface area contributed by atoms with Crippen LogP contribution in [0.1, 0.15) is 24.4 Å². The standard InChI is InChI=1S/C20H24N4O7S/c1-14(2)18(21-19(25)16-7-5-13-31-16)20(26)22-9-11-23(12-10-22)32(29,30)17-8-4-3-6-15(17)24(27)28/h3-8,13-14,18H,9-12H2,1-2H3,(H,21,25)/t18-/m0/s1. The first-order valence-electron chi connectivity index (χ1n) is 9.99. The van der Waals surface area contributed by atoms with Gasteiger partial charge in [-0.2, -0.15) is 4.31 Å². The third-order valence-corrected chi connectivity index (χ3v) is 7.14. The van der Waals surface area contributed by atoms with Gasteiger partial charge in [-0.25, -0.2) is 8.42 Å². The summed E-state index contributed by atoms with van der Waals surface area (Å²) >= 11 is 0. The van der Waals surface area contributed by atoms with Crippen molar-refractivity contribution in [2.45, 2.75) is 24.8 Å². The molecule has 11 nitrogen and oxygen atoms in total. The van der Waals surface area contributed by atoms with Gasteiger partial charge in [-0.05, 0) is 24.1 Å². The molecule has 1 aliphatic rings. The zero-order valence-corrected chi connectivity index (χ0v) is 18.4. The summed E-state index contributed by atoms with van der Waals surface area (Å²) in [5, 5.41) is 13.9. The maximum Gasteiger partial charge on any atom is 0.289 e. The molecule has 0 unspecified atom stereocenters. The molecular weight excluding hydrogens is 440 g/mol. The lowest BCUT2D eigenvalue weighted by molar-refractivity contribution is -0.387. The Morgan fingerprint density at radius 2 is 1.75 bits per heavy atom. The topological polar surface area (TPSA) is 143 Å². The van der Waals surface area contributed by atoms with E-state index < -0.39 is 32.6 Å². The van der Waals surface area contributed by atoms with Crippen molar-refractivity contribution in [2.24, 2.45) is 5.92 Å². The molecule has 0 saturated carbocycles. The summed E-state index contributed by atoms with van der Waals surface area (Å²) in [5.41, 5.74) is -0.494. The van der Waals surface area contributed by atoms with Crippen LogP contribution in [0, 0.1) is 16.0 Å². The van der Waals surface area contributed by atoms with Crippen LogP contribution in [-0.4, -0.2) is 66.6 Å². The largest absolute Gasteiger partial charge is 0.459 e. The van der Waals surface area contributed by atoms with Crippen molar-refractivity contribution in [3.05, 3.63) is 58.5 Å². The average Bonchev–Trinajstić information content (AvgIpc) is 3.32. The van der Waals surface area contributed by atoms with Gasteiger partial charge in [0.05, 0.1) is 11.2 Å². The van der Waals surface area contributed by atoms with Gasteiger partial charge in [-0.1, -0.05) is 26.0 Å². The second-order valence-electron chi connectivity index (χ2n) is 7.63. The molecule has 1 fully saturated rings. The Balaban J connectivity index is 1.69. The first kappa shape index (κ1) is 23.4. The average molecular weight is 465 g/mol. The number of carbonyl (C=O) groups excluding carboxylic acids is 2. The Kier molecular flexibility index (Phi) is 6.94. The highest BCUT2D eigenvalue weighted by molar-refractivity contribution is 7.89. The van der Waals surface area contributed by atoms with Gasteiger partial charge >= 0.3 is 0 Å². The van der Waals surface area contributed by atoms with Crippen LogP contribution in [0.3, 0.4) is 0 Å². The monoisotopic (exact) mass is 464 g/mol. The molecule has 12 heteroatoms. The summed E-state index contributed by atoms with van der Waals surface area (Å²) in [6, 6.07) is 7.41. The van der Waals surface area contributed by atoms with Crippen molar-refractivity contribution >= 4 is 27.5 Å². The van der Waals surface area contributed by atoms with E-state index in [-0.39, 0.29) is 48.7 Å². The fourth-order valence-electron chi connectivity index (χ4n) is 3.44. The SMILES string of the molecule is CC(C)[C@H](NC(=O)c1ccco1)C(=O)N1CCN(S(=O)(=O)c2ccccc2[N+](=O)[O-])CC1. The normalized spacial score (nSPS) is 16.0. The minimum atomic E-state index is -4.10. The van der Waals surface area contributed by atoms with Crippen molar-refractivity contribution in [1.82, 2.24) is 14.5 Å². The highest BCUT2D eigenvalue weighted by Gasteiger charge is 2.36. The Morgan fingerprint density at radius 1 is 1.09 bits per heavy atom. The van der Waals surface area contributed by atoms with Crippen LogP contribution < -0.4 is 5.32 Å². The molecule has 1 aromatic heterocycles. The summed E-state index contributed by atoms with van der Waals surface area (Å²) in [4.78, 5) is 37.0. The first-order valence-corrected chi connectivity index (χ1v) is 11.4. The van der Waals surface area contributed by atoms with Crippen molar-refractivity contribution in [1.29, 1.82) is 0 Å². The second kappa shape index (κ2) is 9.49. The summed E-state index contributed by atoms with van der Waals surface area (Å²) in [6.45, 7) is 3.74. The molecule has 2 aromatic rings. The van der Waals surface area contributed by atoms with Crippen LogP contribution >= 0.6 is 0 Å². The van der Waals surface area contributed by atoms with Crippen LogP contribution in [0.4, 0.5) is 5.69 Å². The van der Waals surface area contributed by atoms with E-state index in [0.717, 1.165) is 10.4 Å². The minimum absolute atomic E-state index is 0.0168. The molecule has 1 aromatic carbocycles. The van der Waals surface area contributed by atoms with Gasteiger partial charge < -0.3 is 14.6 Å². The van der Waals surface area contributed by atoms with Crippen molar-refractivity contribution in [2.75, 3.05) is 26.2 Å². The Labute approximate surface area is 185 Å². The second-order valence-corrected chi connectivity index (χ2v) is 9.53. The van der Waals surface area contributed by atoms with Crippen LogP contribution in [0.15, 0.2) is 52.0 Å². The number of para-hydroxylation sites is 1. The summed E-state index contributed by atoms with van der Waals surface area (Å²) in [5.74, 6) is -0.971. The van der Waals surface area contributed by atoms with E-state index in [4.69, 9.17) is 4.42 Å². The number of benzene rings is 1. The molecule has 1 atom stereocenters. The van der Waals surface area contributed by atoms with E-state index in [1.165, 1.54) is 35.4 Å². The van der Waals surface area contributed by atoms with Crippen LogP contribution in [0.5, 0.6) is 0 Å². The molecule has 1 saturated heterocycles. The van der Waals surface area contributed by atoms with E-state index in [1.807, 2.05) is 0 Å². The molecule has 1 N–H and O–H groups in total. The lowest BCUT2D eigenvalue weighted by atomic mass is 10.0. The number of amides is 2. The molecule has 0 spiro atoms. The number of nitrogens with zero attached hydrogens (tertiary/aromatic N) is 3. The third-order valence-electron chi connectivity index (χ3n) is 5.19. The number of piperazine rings is 1. The lowest BCUT2D eigenvalue weighted by Gasteiger charge is -2.36. The lowest BCUT2D eigenvalue weighted by Crippen LogP contribution is -2.57. The highest BCUT2D eigenvalue weighted by Crippen LogP contribution is 2.27. The van der Waals surface area contributed by atoms with E-state index in [9.17, 15) is 28.1 Å². The van der Waals surface area contributed by atoms with Gasteiger partial charge in [0.25, 0.3) is 11.6 Å². The van der Waals surface area contributed by atoms with Crippen molar-refractivity contribution in [3.63, 3.8) is 0 Å². The van der Waals surface area contributed by atoms with Crippen LogP contribution in [0.25, 0.3) is 0 Å². The number of furan rings is 1. The van der Waals surface area contributed by atoms with Crippen molar-refractivity contribution < 1.29 is 27.3 Å². The van der Waals surface area contributed by atoms with Gasteiger partial charge in [-0.3, -0.25) is 19.7 Å². The number of nitro groups is 1. The zero-order valence-electron chi connectivity index (χ0n) is 17.6. The number of rotatable bonds is 7. The maximum atomic E-state index is 13.0.